The predicted molar refractivity (Wildman–Crippen MR) is 222 cm³/mol. The first-order chi connectivity index (χ1) is 28.5. The first kappa shape index (κ1) is 46.6. The van der Waals surface area contributed by atoms with Crippen LogP contribution in [0.2, 0.25) is 0 Å². The Morgan fingerprint density at radius 3 is 2.15 bits per heavy atom. The van der Waals surface area contributed by atoms with Gasteiger partial charge in [-0.2, -0.15) is 0 Å². The summed E-state index contributed by atoms with van der Waals surface area (Å²) in [5.74, 6) is -6.59. The minimum Gasteiger partial charge on any atom is -0.507 e. The monoisotopic (exact) mass is 828 g/mol. The van der Waals surface area contributed by atoms with Crippen LogP contribution in [-0.2, 0) is 41.6 Å². The molecule has 0 saturated heterocycles. The fourth-order valence-corrected chi connectivity index (χ4v) is 7.20. The van der Waals surface area contributed by atoms with E-state index < -0.39 is 84.3 Å². The minimum atomic E-state index is -1.37. The molecule has 3 aromatic carbocycles. The predicted octanol–water partition coefficient (Wildman–Crippen LogP) is 4.10. The van der Waals surface area contributed by atoms with Gasteiger partial charge in [-0.05, 0) is 72.9 Å². The Balaban J connectivity index is 1.47. The summed E-state index contributed by atoms with van der Waals surface area (Å²) < 4.78 is 0. The average molecular weight is 829 g/mol. The van der Waals surface area contributed by atoms with Crippen LogP contribution in [0.3, 0.4) is 0 Å². The largest absolute Gasteiger partial charge is 0.507 e. The maximum absolute atomic E-state index is 14.0. The number of fused-ring (bicyclic) bond motifs is 5. The Labute approximate surface area is 349 Å². The van der Waals surface area contributed by atoms with Gasteiger partial charge in [-0.1, -0.05) is 57.4 Å². The van der Waals surface area contributed by atoms with Gasteiger partial charge < -0.3 is 40.9 Å². The minimum absolute atomic E-state index is 0.103. The maximum Gasteiger partial charge on any atom is 0.326 e. The number of amides is 4. The number of Topliss-reactive ketones (excluding diaryl/α,β-unsaturated/α-hetero) is 2. The molecule has 3 aromatic rings. The number of aliphatic carboxylic acids is 1. The summed E-state index contributed by atoms with van der Waals surface area (Å²) in [6, 6.07) is 10.4. The van der Waals surface area contributed by atoms with E-state index in [0.717, 1.165) is 47.5 Å². The number of hydrogen-bond donors (Lipinski definition) is 6. The fourth-order valence-electron chi connectivity index (χ4n) is 7.20. The molecule has 4 rings (SSSR count). The number of unbranched alkanes of at least 4 members (excludes halogenated alkanes) is 3. The molecular formula is C45H56N4O11. The smallest absolute Gasteiger partial charge is 0.326 e. The highest BCUT2D eigenvalue weighted by Crippen LogP contribution is 2.39. The molecule has 15 nitrogen and oxygen atoms in total. The number of nitrogens with one attached hydrogen (secondary N) is 2. The van der Waals surface area contributed by atoms with Crippen LogP contribution in [-0.4, -0.2) is 110 Å². The van der Waals surface area contributed by atoms with Crippen molar-refractivity contribution in [2.45, 2.75) is 103 Å². The molecule has 1 heterocycles. The maximum atomic E-state index is 14.0. The molecule has 5 atom stereocenters. The van der Waals surface area contributed by atoms with Crippen molar-refractivity contribution < 1.29 is 54.0 Å². The molecule has 0 radical (unpaired) electrons. The number of carboxylic acid groups (broad SMARTS) is 1. The zero-order valence-corrected chi connectivity index (χ0v) is 34.8. The lowest BCUT2D eigenvalue weighted by atomic mass is 9.89. The fraction of sp³-hybridized carbons (Fsp3) is 0.444. The van der Waals surface area contributed by atoms with Crippen molar-refractivity contribution in [1.82, 2.24) is 20.4 Å². The Bertz CT molecular complexity index is 2070. The second kappa shape index (κ2) is 21.3. The molecule has 322 valence electrons. The van der Waals surface area contributed by atoms with Gasteiger partial charge in [-0.3, -0.25) is 28.8 Å². The number of benzene rings is 3. The van der Waals surface area contributed by atoms with Crippen LogP contribution < -0.4 is 10.6 Å². The average Bonchev–Trinajstić information content (AvgIpc) is 3.22. The lowest BCUT2D eigenvalue weighted by Gasteiger charge is -2.30. The highest BCUT2D eigenvalue weighted by Gasteiger charge is 2.34. The molecule has 6 N–H and O–H groups in total. The first-order valence-electron chi connectivity index (χ1n) is 20.2. The van der Waals surface area contributed by atoms with Crippen LogP contribution in [0.15, 0.2) is 60.7 Å². The standard InChI is InChI=1S/C45H56N4O11/c1-6-7-8-9-10-28-11-14-30(15-12-28)44(58)48(4)35(25-50)43(57)46-27(3)36(51)19-20-40(55)49(5)41-31-16-18-38(53)33(24-31)32-22-29(13-17-37(32)52)23-34(45(59)60)47-42(56)26(2)21-39(41)54/h11-18,22,24,26-27,34-35,41,50,52-53H,6-10,19-21,23,25H2,1-5H3,(H,46,57)(H,47,56)(H,59,60)/t26-,27-,34+,35-,41+/m1/s1. The number of nitrogens with zero attached hydrogens (tertiary/aromatic N) is 2. The normalized spacial score (nSPS) is 17.7. The number of ketones is 2. The second-order valence-corrected chi connectivity index (χ2v) is 15.5. The van der Waals surface area contributed by atoms with Crippen LogP contribution >= 0.6 is 0 Å². The molecule has 4 bridgehead atoms. The Kier molecular flexibility index (Phi) is 16.5. The van der Waals surface area contributed by atoms with E-state index in [-0.39, 0.29) is 47.5 Å². The zero-order valence-electron chi connectivity index (χ0n) is 34.8. The van der Waals surface area contributed by atoms with Crippen LogP contribution in [0.1, 0.15) is 98.8 Å². The number of phenols is 2. The molecule has 1 aliphatic rings. The molecule has 0 aliphatic carbocycles. The molecule has 1 aliphatic heterocycles. The van der Waals surface area contributed by atoms with E-state index in [1.165, 1.54) is 64.3 Å². The third-order valence-corrected chi connectivity index (χ3v) is 11.0. The SMILES string of the molecule is CCCCCCc1ccc(C(=O)N(C)[C@H](CO)C(=O)N[C@H](C)C(=O)CCC(=O)N(C)[C@@H]2C(=O)C[C@@H](C)C(=O)N[C@H](C(=O)O)Cc3ccc(O)c(c3)-c3cc2ccc3O)cc1. The molecule has 0 fully saturated rings. The number of hydrogen-bond acceptors (Lipinski definition) is 10. The van der Waals surface area contributed by atoms with E-state index in [4.69, 9.17) is 0 Å². The van der Waals surface area contributed by atoms with E-state index in [0.29, 0.717) is 11.1 Å². The van der Waals surface area contributed by atoms with Crippen molar-refractivity contribution in [3.8, 4) is 22.6 Å². The molecule has 15 heteroatoms. The van der Waals surface area contributed by atoms with Gasteiger partial charge in [0.25, 0.3) is 5.91 Å². The van der Waals surface area contributed by atoms with Crippen LogP contribution in [0.5, 0.6) is 11.5 Å². The van der Waals surface area contributed by atoms with Crippen molar-refractivity contribution in [3.05, 3.63) is 82.9 Å². The van der Waals surface area contributed by atoms with Crippen LogP contribution in [0.25, 0.3) is 11.1 Å². The van der Waals surface area contributed by atoms with E-state index in [9.17, 15) is 54.0 Å². The van der Waals surface area contributed by atoms with Crippen LogP contribution in [0, 0.1) is 5.92 Å². The number of aliphatic hydroxyl groups excluding tert-OH is 1. The van der Waals surface area contributed by atoms with Gasteiger partial charge in [0.05, 0.1) is 12.6 Å². The number of carbonyl (C=O) groups excluding carboxylic acids is 6. The molecule has 60 heavy (non-hydrogen) atoms. The number of likely N-dealkylation sites (N-methyl/N-ethyl adjacent to an activating group) is 2. The first-order valence-corrected chi connectivity index (χ1v) is 20.2. The lowest BCUT2D eigenvalue weighted by molar-refractivity contribution is -0.143. The van der Waals surface area contributed by atoms with Gasteiger partial charge in [-0.15, -0.1) is 0 Å². The van der Waals surface area contributed by atoms with Crippen LogP contribution in [0.4, 0.5) is 0 Å². The molecular weight excluding hydrogens is 773 g/mol. The molecule has 0 spiro atoms. The van der Waals surface area contributed by atoms with Crippen molar-refractivity contribution in [1.29, 1.82) is 0 Å². The van der Waals surface area contributed by atoms with Crippen molar-refractivity contribution in [2.75, 3.05) is 20.7 Å². The van der Waals surface area contributed by atoms with Gasteiger partial charge in [0.1, 0.15) is 29.6 Å². The lowest BCUT2D eigenvalue weighted by Crippen LogP contribution is -2.53. The summed E-state index contributed by atoms with van der Waals surface area (Å²) in [6.45, 7) is 4.29. The molecule has 4 amide bonds. The third kappa shape index (κ3) is 11.8. The third-order valence-electron chi connectivity index (χ3n) is 11.0. The van der Waals surface area contributed by atoms with Gasteiger partial charge in [0.15, 0.2) is 11.6 Å². The highest BCUT2D eigenvalue weighted by atomic mass is 16.4. The zero-order chi connectivity index (χ0) is 44.3. The Morgan fingerprint density at radius 2 is 1.52 bits per heavy atom. The number of aryl methyl sites for hydroxylation is 1. The molecule has 0 aromatic heterocycles. The molecule has 0 saturated carbocycles. The number of rotatable bonds is 16. The number of aromatic hydroxyl groups is 2. The van der Waals surface area contributed by atoms with E-state index in [1.54, 1.807) is 12.1 Å². The van der Waals surface area contributed by atoms with E-state index in [2.05, 4.69) is 17.6 Å². The van der Waals surface area contributed by atoms with Crippen molar-refractivity contribution in [2.24, 2.45) is 5.92 Å². The van der Waals surface area contributed by atoms with Crippen molar-refractivity contribution in [3.63, 3.8) is 0 Å². The van der Waals surface area contributed by atoms with Gasteiger partial charge >= 0.3 is 5.97 Å². The van der Waals surface area contributed by atoms with Gasteiger partial charge in [-0.25, -0.2) is 4.79 Å². The quantitative estimate of drug-likeness (QED) is 0.113. The number of aliphatic hydroxyl groups is 1. The number of phenolic OH excluding ortho intramolecular Hbond substituents is 2. The summed E-state index contributed by atoms with van der Waals surface area (Å²) in [7, 11) is 2.73. The van der Waals surface area contributed by atoms with Crippen molar-refractivity contribution >= 4 is 41.2 Å². The second-order valence-electron chi connectivity index (χ2n) is 15.5. The van der Waals surface area contributed by atoms with E-state index in [1.807, 2.05) is 12.1 Å². The summed E-state index contributed by atoms with van der Waals surface area (Å²) >= 11 is 0. The summed E-state index contributed by atoms with van der Waals surface area (Å²) in [6.07, 6.45) is 4.04. The summed E-state index contributed by atoms with van der Waals surface area (Å²) in [5.41, 5.74) is 2.31. The molecule has 0 unspecified atom stereocenters. The number of carboxylic acids is 1. The summed E-state index contributed by atoms with van der Waals surface area (Å²) in [5, 5.41) is 46.6. The highest BCUT2D eigenvalue weighted by molar-refractivity contribution is 5.99. The topological polar surface area (TPSA) is 231 Å². The summed E-state index contributed by atoms with van der Waals surface area (Å²) in [4.78, 5) is 94.9. The Hall–Kier alpha value is -6.09. The van der Waals surface area contributed by atoms with Gasteiger partial charge in [0, 0.05) is 62.4 Å². The van der Waals surface area contributed by atoms with Gasteiger partial charge in [0.2, 0.25) is 17.7 Å². The number of carbonyl (C=O) groups is 7. The Morgan fingerprint density at radius 1 is 0.867 bits per heavy atom. The van der Waals surface area contributed by atoms with E-state index >= 15 is 0 Å².